The quantitative estimate of drug-likeness (QED) is 0.246. The standard InChI is InChI=1S/C36H41F3N2O7Si/c1-19-14-15-24(46-36(37,38)39)22-16-21-17-23-28(41(5)6)30-27(33(40-47-30)45-18-20-12-10-9-11-13-20)32(44)35(23,48-49(7,8)34(2,3)4)31(43)26(21)29(42)25(19)22/h9-15,21,23,28,43H,16-18H2,1-8H3/t21-,23-,28-,35-/m0/s1. The Morgan fingerprint density at radius 1 is 1.06 bits per heavy atom. The second-order valence-electron chi connectivity index (χ2n) is 15.0. The van der Waals surface area contributed by atoms with E-state index in [9.17, 15) is 23.1 Å². The number of Topliss-reactive ketones (excluding diaryl/α,β-unsaturated/α-hetero) is 2. The van der Waals surface area contributed by atoms with E-state index >= 15 is 4.79 Å². The highest BCUT2D eigenvalue weighted by Crippen LogP contribution is 2.60. The fourth-order valence-electron chi connectivity index (χ4n) is 7.34. The molecule has 0 unspecified atom stereocenters. The predicted molar refractivity (Wildman–Crippen MR) is 176 cm³/mol. The number of fused-ring (bicyclic) bond motifs is 4. The van der Waals surface area contributed by atoms with Crippen LogP contribution in [0.15, 0.2) is 58.3 Å². The number of halogens is 3. The third kappa shape index (κ3) is 5.69. The summed E-state index contributed by atoms with van der Waals surface area (Å²) < 4.78 is 63.8. The zero-order valence-corrected chi connectivity index (χ0v) is 29.8. The van der Waals surface area contributed by atoms with E-state index in [1.807, 2.05) is 69.1 Å². The van der Waals surface area contributed by atoms with E-state index in [2.05, 4.69) is 9.89 Å². The Balaban J connectivity index is 1.57. The van der Waals surface area contributed by atoms with Crippen LogP contribution in [0.1, 0.15) is 76.4 Å². The van der Waals surface area contributed by atoms with Crippen LogP contribution >= 0.6 is 0 Å². The molecule has 0 spiro atoms. The lowest BCUT2D eigenvalue weighted by Crippen LogP contribution is -2.65. The molecule has 0 saturated carbocycles. The van der Waals surface area contributed by atoms with Crippen LogP contribution in [0.2, 0.25) is 18.1 Å². The number of ketones is 2. The van der Waals surface area contributed by atoms with Crippen LogP contribution in [0.25, 0.3) is 0 Å². The molecule has 0 fully saturated rings. The van der Waals surface area contributed by atoms with E-state index in [4.69, 9.17) is 13.7 Å². The van der Waals surface area contributed by atoms with E-state index in [0.717, 1.165) is 5.56 Å². The molecule has 0 bridgehead atoms. The minimum absolute atomic E-state index is 0.0189. The molecule has 1 aromatic heterocycles. The Bertz CT molecular complexity index is 1840. The summed E-state index contributed by atoms with van der Waals surface area (Å²) in [7, 11) is 0.667. The molecule has 3 aliphatic rings. The maximum Gasteiger partial charge on any atom is 0.573 e. The number of hydrogen-bond acceptors (Lipinski definition) is 9. The van der Waals surface area contributed by atoms with Gasteiger partial charge in [0.1, 0.15) is 23.7 Å². The van der Waals surface area contributed by atoms with E-state index < -0.39 is 66.3 Å². The molecule has 1 heterocycles. The van der Waals surface area contributed by atoms with Gasteiger partial charge in [-0.1, -0.05) is 57.2 Å². The maximum absolute atomic E-state index is 15.2. The van der Waals surface area contributed by atoms with Gasteiger partial charge in [0.15, 0.2) is 25.5 Å². The number of benzene rings is 2. The first-order valence-electron chi connectivity index (χ1n) is 16.2. The fraction of sp³-hybridized carbons (Fsp3) is 0.472. The van der Waals surface area contributed by atoms with Crippen molar-refractivity contribution in [3.63, 3.8) is 0 Å². The number of aliphatic hydroxyl groups excluding tert-OH is 1. The lowest BCUT2D eigenvalue weighted by atomic mass is 9.58. The van der Waals surface area contributed by atoms with Crippen molar-refractivity contribution in [3.8, 4) is 11.6 Å². The van der Waals surface area contributed by atoms with Gasteiger partial charge in [-0.05, 0) is 80.3 Å². The number of aromatic nitrogens is 1. The number of nitrogens with zero attached hydrogens (tertiary/aromatic N) is 2. The summed E-state index contributed by atoms with van der Waals surface area (Å²) in [6.45, 7) is 11.6. The molecule has 6 rings (SSSR count). The molecular formula is C36H41F3N2O7Si. The largest absolute Gasteiger partial charge is 0.573 e. The minimum Gasteiger partial charge on any atom is -0.508 e. The van der Waals surface area contributed by atoms with E-state index in [1.54, 1.807) is 21.0 Å². The Hall–Kier alpha value is -3.94. The number of alkyl halides is 3. The summed E-state index contributed by atoms with van der Waals surface area (Å²) in [4.78, 5) is 31.5. The molecule has 13 heteroatoms. The SMILES string of the molecule is Cc1ccc(OC(F)(F)F)c2c1C(=O)C1=C(O)[C@]3(O[Si](C)(C)C(C)(C)C)C(=O)c4c(OCc5ccccc5)noc4[C@@H](N(C)C)[C@@H]3C[C@@H]1C2. The summed E-state index contributed by atoms with van der Waals surface area (Å²) in [6.07, 6.45) is -4.88. The van der Waals surface area contributed by atoms with Crippen molar-refractivity contribution < 1.29 is 46.3 Å². The highest BCUT2D eigenvalue weighted by molar-refractivity contribution is 6.74. The molecule has 262 valence electrons. The Morgan fingerprint density at radius 2 is 1.73 bits per heavy atom. The molecule has 2 aromatic carbocycles. The molecule has 0 radical (unpaired) electrons. The Kier molecular flexibility index (Phi) is 8.43. The van der Waals surface area contributed by atoms with Gasteiger partial charge in [0.25, 0.3) is 5.88 Å². The second-order valence-corrected chi connectivity index (χ2v) is 19.7. The van der Waals surface area contributed by atoms with Gasteiger partial charge in [0.05, 0.1) is 6.04 Å². The average Bonchev–Trinajstić information content (AvgIpc) is 3.41. The van der Waals surface area contributed by atoms with Gasteiger partial charge in [-0.2, -0.15) is 0 Å². The van der Waals surface area contributed by atoms with Gasteiger partial charge in [-0.25, -0.2) is 0 Å². The molecule has 0 amide bonds. The van der Waals surface area contributed by atoms with Crippen molar-refractivity contribution in [2.75, 3.05) is 14.1 Å². The first kappa shape index (κ1) is 34.9. The van der Waals surface area contributed by atoms with Gasteiger partial charge in [0.2, 0.25) is 5.78 Å². The van der Waals surface area contributed by atoms with Crippen molar-refractivity contribution in [1.29, 1.82) is 0 Å². The predicted octanol–water partition coefficient (Wildman–Crippen LogP) is 7.91. The number of carbonyl (C=O) groups is 2. The number of rotatable bonds is 7. The molecule has 0 saturated heterocycles. The van der Waals surface area contributed by atoms with Gasteiger partial charge in [-0.15, -0.1) is 13.2 Å². The van der Waals surface area contributed by atoms with Crippen LogP contribution in [0.3, 0.4) is 0 Å². The zero-order valence-electron chi connectivity index (χ0n) is 28.8. The van der Waals surface area contributed by atoms with Crippen LogP contribution in [0, 0.1) is 18.8 Å². The summed E-state index contributed by atoms with van der Waals surface area (Å²) in [5.74, 6) is -3.65. The van der Waals surface area contributed by atoms with Gasteiger partial charge >= 0.3 is 6.36 Å². The zero-order chi connectivity index (χ0) is 35.8. The van der Waals surface area contributed by atoms with Crippen LogP contribution in [0.4, 0.5) is 13.2 Å². The van der Waals surface area contributed by atoms with Crippen molar-refractivity contribution >= 4 is 19.9 Å². The number of ether oxygens (including phenoxy) is 2. The monoisotopic (exact) mass is 698 g/mol. The van der Waals surface area contributed by atoms with Crippen LogP contribution in [-0.2, 0) is 17.5 Å². The molecule has 4 atom stereocenters. The Morgan fingerprint density at radius 3 is 2.35 bits per heavy atom. The molecule has 49 heavy (non-hydrogen) atoms. The summed E-state index contributed by atoms with van der Waals surface area (Å²) in [6, 6.07) is 11.2. The lowest BCUT2D eigenvalue weighted by molar-refractivity contribution is -0.275. The summed E-state index contributed by atoms with van der Waals surface area (Å²) >= 11 is 0. The highest BCUT2D eigenvalue weighted by Gasteiger charge is 2.67. The smallest absolute Gasteiger partial charge is 0.508 e. The average molecular weight is 699 g/mol. The molecule has 9 nitrogen and oxygen atoms in total. The third-order valence-electron chi connectivity index (χ3n) is 10.6. The number of aliphatic hydroxyl groups is 1. The number of allylic oxidation sites excluding steroid dienone is 1. The number of hydrogen-bond donors (Lipinski definition) is 1. The molecule has 0 aliphatic heterocycles. The van der Waals surface area contributed by atoms with E-state index in [1.165, 1.54) is 12.1 Å². The second kappa shape index (κ2) is 11.8. The first-order valence-corrected chi connectivity index (χ1v) is 19.1. The van der Waals surface area contributed by atoms with Crippen LogP contribution in [-0.4, -0.2) is 61.1 Å². The number of carbonyl (C=O) groups excluding carboxylic acids is 2. The minimum atomic E-state index is -4.97. The van der Waals surface area contributed by atoms with Gasteiger partial charge in [-0.3, -0.25) is 14.5 Å². The summed E-state index contributed by atoms with van der Waals surface area (Å²) in [5, 5.41) is 16.3. The normalized spacial score (nSPS) is 24.0. The highest BCUT2D eigenvalue weighted by atomic mass is 28.4. The van der Waals surface area contributed by atoms with Gasteiger partial charge in [0, 0.05) is 22.6 Å². The number of aryl methyl sites for hydroxylation is 1. The lowest BCUT2D eigenvalue weighted by Gasteiger charge is -2.55. The first-order chi connectivity index (χ1) is 22.8. The van der Waals surface area contributed by atoms with Crippen molar-refractivity contribution in [1.82, 2.24) is 10.1 Å². The molecule has 3 aromatic rings. The third-order valence-corrected chi connectivity index (χ3v) is 15.0. The fourth-order valence-corrected chi connectivity index (χ4v) is 8.79. The summed E-state index contributed by atoms with van der Waals surface area (Å²) in [5.41, 5.74) is -0.656. The van der Waals surface area contributed by atoms with Crippen LogP contribution < -0.4 is 9.47 Å². The van der Waals surface area contributed by atoms with Crippen molar-refractivity contribution in [2.45, 2.75) is 83.3 Å². The molecule has 3 aliphatic carbocycles. The topological polar surface area (TPSA) is 111 Å². The maximum atomic E-state index is 15.2. The van der Waals surface area contributed by atoms with Gasteiger partial charge < -0.3 is 23.5 Å². The van der Waals surface area contributed by atoms with Crippen molar-refractivity contribution in [3.05, 3.63) is 87.4 Å². The Labute approximate surface area is 284 Å². The van der Waals surface area contributed by atoms with Crippen molar-refractivity contribution in [2.24, 2.45) is 11.8 Å². The van der Waals surface area contributed by atoms with E-state index in [0.29, 0.717) is 5.56 Å². The molecule has 1 N–H and O–H groups in total. The van der Waals surface area contributed by atoms with Crippen LogP contribution in [0.5, 0.6) is 11.6 Å². The molecular weight excluding hydrogens is 657 g/mol. The van der Waals surface area contributed by atoms with E-state index in [-0.39, 0.29) is 53.4 Å².